The zero-order chi connectivity index (χ0) is 9.97. The van der Waals surface area contributed by atoms with Gasteiger partial charge in [-0.25, -0.2) is 0 Å². The lowest BCUT2D eigenvalue weighted by molar-refractivity contribution is 0.306. The minimum atomic E-state index is 0.405. The normalized spacial score (nSPS) is 27.9. The number of rotatable bonds is 2. The Kier molecular flexibility index (Phi) is 3.47. The Morgan fingerprint density at radius 1 is 1.43 bits per heavy atom. The molecule has 0 bridgehead atoms. The molecule has 0 amide bonds. The highest BCUT2D eigenvalue weighted by Crippen LogP contribution is 2.29. The van der Waals surface area contributed by atoms with Crippen LogP contribution in [-0.4, -0.2) is 6.04 Å². The maximum Gasteiger partial charge on any atom is 0.0931 e. The molecule has 1 aromatic rings. The van der Waals surface area contributed by atoms with Gasteiger partial charge in [0.1, 0.15) is 0 Å². The molecule has 1 aliphatic carbocycles. The van der Waals surface area contributed by atoms with E-state index in [2.05, 4.69) is 11.4 Å². The van der Waals surface area contributed by atoms with E-state index in [-0.39, 0.29) is 0 Å². The molecular weight excluding hydrogens is 214 g/mol. The maximum atomic E-state index is 6.10. The minimum Gasteiger partial charge on any atom is -0.327 e. The van der Waals surface area contributed by atoms with Crippen LogP contribution >= 0.6 is 22.9 Å². The van der Waals surface area contributed by atoms with Crippen LogP contribution in [0.4, 0.5) is 0 Å². The molecule has 1 heterocycles. The number of thiophene rings is 1. The summed E-state index contributed by atoms with van der Waals surface area (Å²) in [7, 11) is 0. The molecule has 0 spiro atoms. The Bertz CT molecular complexity index is 297. The summed E-state index contributed by atoms with van der Waals surface area (Å²) in [6.07, 6.45) is 6.25. The van der Waals surface area contributed by atoms with Crippen LogP contribution in [0.2, 0.25) is 4.34 Å². The van der Waals surface area contributed by atoms with Crippen molar-refractivity contribution >= 4 is 22.9 Å². The van der Waals surface area contributed by atoms with Gasteiger partial charge in [0.05, 0.1) is 4.34 Å². The highest BCUT2D eigenvalue weighted by atomic mass is 35.5. The van der Waals surface area contributed by atoms with Gasteiger partial charge in [-0.1, -0.05) is 24.4 Å². The van der Waals surface area contributed by atoms with E-state index in [9.17, 15) is 0 Å². The van der Waals surface area contributed by atoms with Crippen molar-refractivity contribution in [3.05, 3.63) is 21.3 Å². The van der Waals surface area contributed by atoms with Gasteiger partial charge in [-0.15, -0.1) is 11.3 Å². The van der Waals surface area contributed by atoms with Crippen molar-refractivity contribution in [2.45, 2.75) is 38.1 Å². The van der Waals surface area contributed by atoms with Crippen molar-refractivity contribution in [2.75, 3.05) is 0 Å². The Hall–Kier alpha value is -0.0500. The molecule has 2 rings (SSSR count). The first-order valence-corrected chi connectivity index (χ1v) is 6.50. The zero-order valence-corrected chi connectivity index (χ0v) is 9.78. The van der Waals surface area contributed by atoms with Gasteiger partial charge in [0, 0.05) is 6.04 Å². The highest BCUT2D eigenvalue weighted by Gasteiger charge is 2.22. The van der Waals surface area contributed by atoms with Gasteiger partial charge < -0.3 is 5.73 Å². The monoisotopic (exact) mass is 229 g/mol. The van der Waals surface area contributed by atoms with Gasteiger partial charge in [0.2, 0.25) is 0 Å². The van der Waals surface area contributed by atoms with E-state index in [1.54, 1.807) is 11.3 Å². The maximum absolute atomic E-state index is 6.10. The summed E-state index contributed by atoms with van der Waals surface area (Å²) in [5.74, 6) is 0.675. The molecule has 2 atom stereocenters. The van der Waals surface area contributed by atoms with Gasteiger partial charge in [-0.3, -0.25) is 0 Å². The summed E-state index contributed by atoms with van der Waals surface area (Å²) >= 11 is 7.52. The molecule has 78 valence electrons. The van der Waals surface area contributed by atoms with Crippen LogP contribution in [0.5, 0.6) is 0 Å². The molecule has 2 N–H and O–H groups in total. The van der Waals surface area contributed by atoms with Crippen LogP contribution in [0.15, 0.2) is 11.4 Å². The molecule has 1 aliphatic rings. The second-order valence-corrected chi connectivity index (χ2v) is 5.71. The van der Waals surface area contributed by atoms with Crippen molar-refractivity contribution in [1.29, 1.82) is 0 Å². The fourth-order valence-corrected chi connectivity index (χ4v) is 3.17. The smallest absolute Gasteiger partial charge is 0.0931 e. The third-order valence-corrected chi connectivity index (χ3v) is 4.23. The molecule has 1 saturated carbocycles. The van der Waals surface area contributed by atoms with Crippen molar-refractivity contribution in [1.82, 2.24) is 0 Å². The van der Waals surface area contributed by atoms with Crippen LogP contribution in [0.25, 0.3) is 0 Å². The van der Waals surface area contributed by atoms with Crippen LogP contribution in [0.3, 0.4) is 0 Å². The standard InChI is InChI=1S/C11H16ClNS/c12-11-6-8(7-14-11)5-9-3-1-2-4-10(9)13/h6-7,9-10H,1-5,13H2. The third kappa shape index (κ3) is 2.50. The Balaban J connectivity index is 1.95. The van der Waals surface area contributed by atoms with E-state index in [1.165, 1.54) is 31.2 Å². The summed E-state index contributed by atoms with van der Waals surface area (Å²) in [4.78, 5) is 0. The Morgan fingerprint density at radius 2 is 2.21 bits per heavy atom. The van der Waals surface area contributed by atoms with E-state index < -0.39 is 0 Å². The lowest BCUT2D eigenvalue weighted by atomic mass is 9.82. The quantitative estimate of drug-likeness (QED) is 0.826. The minimum absolute atomic E-state index is 0.405. The number of halogens is 1. The van der Waals surface area contributed by atoms with E-state index in [0.29, 0.717) is 12.0 Å². The zero-order valence-electron chi connectivity index (χ0n) is 8.21. The fraction of sp³-hybridized carbons (Fsp3) is 0.636. The molecule has 3 heteroatoms. The molecule has 1 fully saturated rings. The molecule has 2 unspecified atom stereocenters. The van der Waals surface area contributed by atoms with Gasteiger partial charge >= 0.3 is 0 Å². The van der Waals surface area contributed by atoms with Crippen LogP contribution < -0.4 is 5.73 Å². The van der Waals surface area contributed by atoms with Crippen molar-refractivity contribution in [2.24, 2.45) is 11.7 Å². The van der Waals surface area contributed by atoms with Gasteiger partial charge in [0.15, 0.2) is 0 Å². The SMILES string of the molecule is NC1CCCCC1Cc1csc(Cl)c1. The molecule has 1 nitrogen and oxygen atoms in total. The first-order chi connectivity index (χ1) is 6.75. The van der Waals surface area contributed by atoms with Crippen LogP contribution in [0.1, 0.15) is 31.2 Å². The topological polar surface area (TPSA) is 26.0 Å². The van der Waals surface area contributed by atoms with Crippen LogP contribution in [-0.2, 0) is 6.42 Å². The Morgan fingerprint density at radius 3 is 2.86 bits per heavy atom. The predicted molar refractivity (Wildman–Crippen MR) is 63.0 cm³/mol. The molecule has 0 saturated heterocycles. The third-order valence-electron chi connectivity index (χ3n) is 3.09. The number of nitrogens with two attached hydrogens (primary N) is 1. The molecular formula is C11H16ClNS. The second-order valence-electron chi connectivity index (χ2n) is 4.17. The average molecular weight is 230 g/mol. The van der Waals surface area contributed by atoms with Crippen molar-refractivity contribution in [3.63, 3.8) is 0 Å². The van der Waals surface area contributed by atoms with Gasteiger partial charge in [-0.05, 0) is 42.2 Å². The summed E-state index contributed by atoms with van der Waals surface area (Å²) in [5.41, 5.74) is 7.47. The lowest BCUT2D eigenvalue weighted by Crippen LogP contribution is -2.34. The molecule has 0 aromatic carbocycles. The van der Waals surface area contributed by atoms with Crippen molar-refractivity contribution in [3.8, 4) is 0 Å². The first kappa shape index (κ1) is 10.5. The number of hydrogen-bond donors (Lipinski definition) is 1. The van der Waals surface area contributed by atoms with E-state index in [4.69, 9.17) is 17.3 Å². The summed E-state index contributed by atoms with van der Waals surface area (Å²) in [6.45, 7) is 0. The van der Waals surface area contributed by atoms with Gasteiger partial charge in [0.25, 0.3) is 0 Å². The summed E-state index contributed by atoms with van der Waals surface area (Å²) in [6, 6.07) is 2.48. The summed E-state index contributed by atoms with van der Waals surface area (Å²) < 4.78 is 0.893. The van der Waals surface area contributed by atoms with E-state index in [1.807, 2.05) is 0 Å². The number of hydrogen-bond acceptors (Lipinski definition) is 2. The van der Waals surface area contributed by atoms with E-state index in [0.717, 1.165) is 10.8 Å². The van der Waals surface area contributed by atoms with E-state index >= 15 is 0 Å². The van der Waals surface area contributed by atoms with Crippen molar-refractivity contribution < 1.29 is 0 Å². The molecule has 1 aromatic heterocycles. The molecule has 0 radical (unpaired) electrons. The fourth-order valence-electron chi connectivity index (χ4n) is 2.25. The van der Waals surface area contributed by atoms with Gasteiger partial charge in [-0.2, -0.15) is 0 Å². The largest absolute Gasteiger partial charge is 0.327 e. The summed E-state index contributed by atoms with van der Waals surface area (Å²) in [5, 5.41) is 2.16. The van der Waals surface area contributed by atoms with Crippen LogP contribution in [0, 0.1) is 5.92 Å². The first-order valence-electron chi connectivity index (χ1n) is 5.24. The average Bonchev–Trinajstić information content (AvgIpc) is 2.56. The molecule has 0 aliphatic heterocycles. The highest BCUT2D eigenvalue weighted by molar-refractivity contribution is 7.14. The second kappa shape index (κ2) is 4.65. The lowest BCUT2D eigenvalue weighted by Gasteiger charge is -2.28. The predicted octanol–water partition coefficient (Wildman–Crippen LogP) is 3.46. The molecule has 14 heavy (non-hydrogen) atoms. The Labute approximate surface area is 94.3 Å².